The molecule has 2 heterocycles. The number of hydrogen-bond acceptors (Lipinski definition) is 6. The fraction of sp³-hybridized carbons (Fsp3) is 0.556. The summed E-state index contributed by atoms with van der Waals surface area (Å²) >= 11 is 0. The average molecular weight is 274 g/mol. The van der Waals surface area contributed by atoms with Crippen LogP contribution in [0.25, 0.3) is 0 Å². The average Bonchev–Trinajstić information content (AvgIpc) is 2.80. The molecule has 0 spiro atoms. The molecule has 2 aliphatic heterocycles. The summed E-state index contributed by atoms with van der Waals surface area (Å²) < 4.78 is 9.25. The van der Waals surface area contributed by atoms with Gasteiger partial charge in [-0.1, -0.05) is 0 Å². The molecular weight excluding hydrogens is 260 g/mol. The van der Waals surface area contributed by atoms with Gasteiger partial charge in [-0.05, 0) is 0 Å². The molecule has 0 aliphatic carbocycles. The van der Waals surface area contributed by atoms with E-state index >= 15 is 0 Å². The SMILES string of the molecule is COC1C(=O)NC(=O)N1C.COC1NC(=O)NC1=O. The van der Waals surface area contributed by atoms with E-state index in [0.717, 1.165) is 0 Å². The summed E-state index contributed by atoms with van der Waals surface area (Å²) in [7, 11) is 4.21. The van der Waals surface area contributed by atoms with Crippen LogP contribution in [0.2, 0.25) is 0 Å². The summed E-state index contributed by atoms with van der Waals surface area (Å²) in [6.45, 7) is 0. The molecule has 0 aromatic rings. The molecule has 0 aromatic heterocycles. The van der Waals surface area contributed by atoms with Crippen LogP contribution in [0.5, 0.6) is 0 Å². The summed E-state index contributed by atoms with van der Waals surface area (Å²) in [5.74, 6) is -0.850. The third kappa shape index (κ3) is 3.39. The second-order valence-corrected chi connectivity index (χ2v) is 3.57. The Morgan fingerprint density at radius 3 is 1.84 bits per heavy atom. The van der Waals surface area contributed by atoms with Crippen molar-refractivity contribution in [1.82, 2.24) is 20.9 Å². The van der Waals surface area contributed by atoms with E-state index < -0.39 is 36.3 Å². The minimum Gasteiger partial charge on any atom is -0.353 e. The summed E-state index contributed by atoms with van der Waals surface area (Å²) in [6, 6.07) is -0.927. The Balaban J connectivity index is 0.000000191. The highest BCUT2D eigenvalue weighted by atomic mass is 16.5. The van der Waals surface area contributed by atoms with Crippen molar-refractivity contribution in [3.8, 4) is 0 Å². The second kappa shape index (κ2) is 6.11. The molecule has 2 rings (SSSR count). The lowest BCUT2D eigenvalue weighted by atomic mass is 10.5. The highest BCUT2D eigenvalue weighted by Crippen LogP contribution is 2.04. The van der Waals surface area contributed by atoms with E-state index in [4.69, 9.17) is 4.74 Å². The lowest BCUT2D eigenvalue weighted by molar-refractivity contribution is -0.132. The van der Waals surface area contributed by atoms with Crippen molar-refractivity contribution < 1.29 is 28.7 Å². The molecule has 2 unspecified atom stereocenters. The second-order valence-electron chi connectivity index (χ2n) is 3.57. The predicted molar refractivity (Wildman–Crippen MR) is 59.6 cm³/mol. The Labute approximate surface area is 108 Å². The number of likely N-dealkylation sites (N-methyl/N-ethyl adjacent to an activating group) is 1. The Bertz CT molecular complexity index is 412. The van der Waals surface area contributed by atoms with Gasteiger partial charge in [0.1, 0.15) is 0 Å². The lowest BCUT2D eigenvalue weighted by Gasteiger charge is -2.12. The van der Waals surface area contributed by atoms with Crippen LogP contribution in [0.3, 0.4) is 0 Å². The highest BCUT2D eigenvalue weighted by molar-refractivity contribution is 6.03. The van der Waals surface area contributed by atoms with Crippen LogP contribution in [0, 0.1) is 0 Å². The summed E-state index contributed by atoms with van der Waals surface area (Å²) in [6.07, 6.45) is -1.56. The standard InChI is InChI=1S/C5H8N2O3.C4H6N2O3/c1-7-4(10-2)3(8)6-5(7)9;1-9-3-2(7)5-4(8)6-3/h4H,1-2H3,(H,6,8,9);3H,1H3,(H2,5,6,7,8). The highest BCUT2D eigenvalue weighted by Gasteiger charge is 2.35. The molecule has 2 aliphatic rings. The normalized spacial score (nSPS) is 25.5. The molecule has 19 heavy (non-hydrogen) atoms. The molecule has 0 aromatic carbocycles. The fourth-order valence-electron chi connectivity index (χ4n) is 1.37. The summed E-state index contributed by atoms with van der Waals surface area (Å²) in [5, 5.41) is 6.33. The lowest BCUT2D eigenvalue weighted by Crippen LogP contribution is -2.32. The van der Waals surface area contributed by atoms with Crippen LogP contribution in [0.15, 0.2) is 0 Å². The molecule has 2 atom stereocenters. The number of nitrogens with zero attached hydrogens (tertiary/aromatic N) is 1. The molecule has 10 heteroatoms. The van der Waals surface area contributed by atoms with Gasteiger partial charge in [0.25, 0.3) is 11.8 Å². The Morgan fingerprint density at radius 1 is 1.00 bits per heavy atom. The van der Waals surface area contributed by atoms with Crippen LogP contribution in [0.4, 0.5) is 9.59 Å². The Hall–Kier alpha value is -2.20. The first-order valence-electron chi connectivity index (χ1n) is 5.15. The van der Waals surface area contributed by atoms with E-state index in [1.165, 1.54) is 26.2 Å². The molecule has 10 nitrogen and oxygen atoms in total. The zero-order chi connectivity index (χ0) is 14.6. The van der Waals surface area contributed by atoms with Gasteiger partial charge in [0.2, 0.25) is 12.5 Å². The third-order valence-electron chi connectivity index (χ3n) is 2.32. The van der Waals surface area contributed by atoms with Crippen molar-refractivity contribution in [2.24, 2.45) is 0 Å². The van der Waals surface area contributed by atoms with Crippen molar-refractivity contribution in [3.63, 3.8) is 0 Å². The summed E-state index contributed by atoms with van der Waals surface area (Å²) in [4.78, 5) is 43.4. The molecule has 0 saturated carbocycles. The number of imide groups is 2. The number of urea groups is 2. The summed E-state index contributed by atoms with van der Waals surface area (Å²) in [5.41, 5.74) is 0. The predicted octanol–water partition coefficient (Wildman–Crippen LogP) is -2.06. The van der Waals surface area contributed by atoms with Gasteiger partial charge in [0.05, 0.1) is 0 Å². The van der Waals surface area contributed by atoms with Crippen molar-refractivity contribution in [2.45, 2.75) is 12.5 Å². The fourth-order valence-corrected chi connectivity index (χ4v) is 1.37. The molecule has 6 amide bonds. The zero-order valence-electron chi connectivity index (χ0n) is 10.6. The van der Waals surface area contributed by atoms with Gasteiger partial charge in [-0.25, -0.2) is 9.59 Å². The number of rotatable bonds is 2. The quantitative estimate of drug-likeness (QED) is 0.497. The molecule has 0 radical (unpaired) electrons. The van der Waals surface area contributed by atoms with Crippen LogP contribution in [-0.2, 0) is 19.1 Å². The van der Waals surface area contributed by atoms with E-state index in [1.54, 1.807) is 0 Å². The van der Waals surface area contributed by atoms with Crippen molar-refractivity contribution >= 4 is 23.9 Å². The minimum absolute atomic E-state index is 0.407. The van der Waals surface area contributed by atoms with E-state index in [-0.39, 0.29) is 0 Å². The Kier molecular flexibility index (Phi) is 4.78. The third-order valence-corrected chi connectivity index (χ3v) is 2.32. The first kappa shape index (κ1) is 14.9. The molecule has 2 fully saturated rings. The van der Waals surface area contributed by atoms with Gasteiger partial charge in [-0.2, -0.15) is 0 Å². The van der Waals surface area contributed by atoms with Gasteiger partial charge < -0.3 is 14.8 Å². The molecule has 0 bridgehead atoms. The van der Waals surface area contributed by atoms with Gasteiger partial charge in [-0.3, -0.25) is 25.1 Å². The molecular formula is C9H14N4O6. The molecule has 106 valence electrons. The van der Waals surface area contributed by atoms with Crippen LogP contribution >= 0.6 is 0 Å². The van der Waals surface area contributed by atoms with Gasteiger partial charge >= 0.3 is 12.1 Å². The zero-order valence-corrected chi connectivity index (χ0v) is 10.6. The largest absolute Gasteiger partial charge is 0.353 e. The Morgan fingerprint density at radius 2 is 1.63 bits per heavy atom. The minimum atomic E-state index is -0.808. The number of carbonyl (C=O) groups excluding carboxylic acids is 4. The van der Waals surface area contributed by atoms with E-state index in [0.29, 0.717) is 0 Å². The van der Waals surface area contributed by atoms with Crippen LogP contribution in [-0.4, -0.2) is 62.5 Å². The number of carbonyl (C=O) groups is 4. The maximum atomic E-state index is 10.7. The number of methoxy groups -OCH3 is 2. The van der Waals surface area contributed by atoms with E-state index in [2.05, 4.69) is 15.4 Å². The van der Waals surface area contributed by atoms with Gasteiger partial charge in [-0.15, -0.1) is 0 Å². The molecule has 2 saturated heterocycles. The van der Waals surface area contributed by atoms with Crippen molar-refractivity contribution in [2.75, 3.05) is 21.3 Å². The maximum Gasteiger partial charge on any atom is 0.326 e. The number of nitrogens with one attached hydrogen (secondary N) is 3. The van der Waals surface area contributed by atoms with Gasteiger partial charge in [0, 0.05) is 21.3 Å². The monoisotopic (exact) mass is 274 g/mol. The van der Waals surface area contributed by atoms with Crippen molar-refractivity contribution in [1.29, 1.82) is 0 Å². The van der Waals surface area contributed by atoms with Crippen molar-refractivity contribution in [3.05, 3.63) is 0 Å². The number of hydrogen-bond donors (Lipinski definition) is 3. The topological polar surface area (TPSA) is 126 Å². The van der Waals surface area contributed by atoms with Gasteiger partial charge in [0.15, 0.2) is 0 Å². The smallest absolute Gasteiger partial charge is 0.326 e. The number of amides is 6. The van der Waals surface area contributed by atoms with Crippen LogP contribution < -0.4 is 16.0 Å². The maximum absolute atomic E-state index is 10.7. The first-order chi connectivity index (χ1) is 8.90. The first-order valence-corrected chi connectivity index (χ1v) is 5.15. The number of ether oxygens (including phenoxy) is 2. The van der Waals surface area contributed by atoms with Crippen LogP contribution in [0.1, 0.15) is 0 Å². The van der Waals surface area contributed by atoms with E-state index in [9.17, 15) is 19.2 Å². The molecule has 3 N–H and O–H groups in total. The van der Waals surface area contributed by atoms with E-state index in [1.807, 2.05) is 5.32 Å².